The summed E-state index contributed by atoms with van der Waals surface area (Å²) in [4.78, 5) is 4.17. The van der Waals surface area contributed by atoms with Crippen LogP contribution >= 0.6 is 43.5 Å². The van der Waals surface area contributed by atoms with Gasteiger partial charge in [-0.1, -0.05) is 11.6 Å². The third-order valence-corrected chi connectivity index (χ3v) is 4.43. The molecule has 0 aliphatic heterocycles. The number of nitrogen functional groups attached to an aromatic ring is 1. The van der Waals surface area contributed by atoms with Crippen LogP contribution in [0.5, 0.6) is 0 Å². The molecular formula is C13H6Br2ClF2N3. The van der Waals surface area contributed by atoms with Crippen molar-refractivity contribution in [3.63, 3.8) is 0 Å². The van der Waals surface area contributed by atoms with Crippen molar-refractivity contribution >= 4 is 60.4 Å². The summed E-state index contributed by atoms with van der Waals surface area (Å²) in [6, 6.07) is 5.21. The normalized spacial score (nSPS) is 11.3. The molecule has 0 bridgehead atoms. The Hall–Kier alpha value is -1.18. The van der Waals surface area contributed by atoms with Crippen molar-refractivity contribution in [2.75, 3.05) is 5.73 Å². The second-order valence-electron chi connectivity index (χ2n) is 4.28. The zero-order valence-electron chi connectivity index (χ0n) is 10.2. The van der Waals surface area contributed by atoms with Gasteiger partial charge in [0.1, 0.15) is 11.6 Å². The second-order valence-corrected chi connectivity index (χ2v) is 6.39. The smallest absolute Gasteiger partial charge is 0.206 e. The Labute approximate surface area is 140 Å². The molecule has 0 saturated carbocycles. The Morgan fingerprint density at radius 3 is 2.48 bits per heavy atom. The molecule has 2 aromatic carbocycles. The van der Waals surface area contributed by atoms with E-state index in [0.717, 1.165) is 6.07 Å². The van der Waals surface area contributed by atoms with Gasteiger partial charge in [-0.05, 0) is 50.1 Å². The fourth-order valence-electron chi connectivity index (χ4n) is 2.07. The number of aromatic nitrogens is 2. The number of fused-ring (bicyclic) bond motifs is 1. The lowest BCUT2D eigenvalue weighted by molar-refractivity contribution is 0.622. The largest absolute Gasteiger partial charge is 0.369 e. The summed E-state index contributed by atoms with van der Waals surface area (Å²) >= 11 is 12.4. The van der Waals surface area contributed by atoms with Gasteiger partial charge < -0.3 is 5.73 Å². The summed E-state index contributed by atoms with van der Waals surface area (Å²) in [5.74, 6) is -0.831. The zero-order valence-corrected chi connectivity index (χ0v) is 14.1. The second kappa shape index (κ2) is 5.23. The van der Waals surface area contributed by atoms with E-state index in [9.17, 15) is 8.78 Å². The first-order chi connectivity index (χ1) is 9.88. The topological polar surface area (TPSA) is 43.8 Å². The quantitative estimate of drug-likeness (QED) is 0.578. The maximum absolute atomic E-state index is 13.8. The predicted molar refractivity (Wildman–Crippen MR) is 85.8 cm³/mol. The summed E-state index contributed by atoms with van der Waals surface area (Å²) in [5, 5.41) is 0.135. The van der Waals surface area contributed by atoms with E-state index in [2.05, 4.69) is 36.8 Å². The summed E-state index contributed by atoms with van der Waals surface area (Å²) in [6.45, 7) is 0. The first-order valence-corrected chi connectivity index (χ1v) is 7.62. The molecule has 1 aromatic heterocycles. The molecule has 3 aromatic rings. The molecule has 2 N–H and O–H groups in total. The minimum atomic E-state index is -0.493. The molecule has 21 heavy (non-hydrogen) atoms. The third kappa shape index (κ3) is 2.43. The molecule has 0 aliphatic rings. The highest BCUT2D eigenvalue weighted by molar-refractivity contribution is 9.10. The number of halogens is 5. The molecule has 108 valence electrons. The van der Waals surface area contributed by atoms with Crippen LogP contribution in [0.3, 0.4) is 0 Å². The average molecular weight is 437 g/mol. The fourth-order valence-corrected chi connectivity index (χ4v) is 3.42. The molecule has 0 amide bonds. The highest BCUT2D eigenvalue weighted by atomic mass is 79.9. The van der Waals surface area contributed by atoms with Crippen molar-refractivity contribution < 1.29 is 8.78 Å². The number of benzene rings is 2. The van der Waals surface area contributed by atoms with Crippen molar-refractivity contribution in [2.45, 2.75) is 0 Å². The maximum Gasteiger partial charge on any atom is 0.206 e. The van der Waals surface area contributed by atoms with Gasteiger partial charge in [-0.15, -0.1) is 0 Å². The van der Waals surface area contributed by atoms with Crippen molar-refractivity contribution in [1.29, 1.82) is 0 Å². The highest BCUT2D eigenvalue weighted by Crippen LogP contribution is 2.35. The summed E-state index contributed by atoms with van der Waals surface area (Å²) in [7, 11) is 0. The number of imidazole rings is 1. The summed E-state index contributed by atoms with van der Waals surface area (Å²) in [6.07, 6.45) is 0. The minimum Gasteiger partial charge on any atom is -0.369 e. The van der Waals surface area contributed by atoms with E-state index >= 15 is 0 Å². The molecule has 1 heterocycles. The van der Waals surface area contributed by atoms with Crippen LogP contribution in [0.1, 0.15) is 0 Å². The van der Waals surface area contributed by atoms with Gasteiger partial charge in [0.2, 0.25) is 5.95 Å². The van der Waals surface area contributed by atoms with E-state index in [0.29, 0.717) is 21.2 Å². The van der Waals surface area contributed by atoms with Gasteiger partial charge >= 0.3 is 0 Å². The first-order valence-electron chi connectivity index (χ1n) is 5.66. The van der Waals surface area contributed by atoms with Crippen LogP contribution < -0.4 is 5.73 Å². The fraction of sp³-hybridized carbons (Fsp3) is 0. The lowest BCUT2D eigenvalue weighted by atomic mass is 10.2. The Balaban J connectivity index is 2.41. The van der Waals surface area contributed by atoms with Crippen molar-refractivity contribution in [3.8, 4) is 5.69 Å². The van der Waals surface area contributed by atoms with Crippen molar-refractivity contribution in [3.05, 3.63) is 49.9 Å². The molecule has 0 radical (unpaired) electrons. The maximum atomic E-state index is 13.8. The predicted octanol–water partition coefficient (Wildman–Crippen LogP) is 5.06. The Bertz CT molecular complexity index is 856. The lowest BCUT2D eigenvalue weighted by Gasteiger charge is -2.11. The van der Waals surface area contributed by atoms with E-state index in [4.69, 9.17) is 17.3 Å². The molecular weight excluding hydrogens is 431 g/mol. The summed E-state index contributed by atoms with van der Waals surface area (Å²) in [5.41, 5.74) is 7.23. The van der Waals surface area contributed by atoms with E-state index in [-0.39, 0.29) is 15.4 Å². The number of rotatable bonds is 1. The molecule has 0 fully saturated rings. The van der Waals surface area contributed by atoms with E-state index in [1.54, 1.807) is 0 Å². The van der Waals surface area contributed by atoms with Crippen LogP contribution in [-0.4, -0.2) is 9.55 Å². The van der Waals surface area contributed by atoms with E-state index in [1.807, 2.05) is 0 Å². The number of hydrogen-bond donors (Lipinski definition) is 1. The summed E-state index contributed by atoms with van der Waals surface area (Å²) < 4.78 is 29.3. The standard InChI is InChI=1S/C13H6Br2ClF2N3/c14-6-3-10-11(4-9(6)18)21(13(19)20-10)12-7(15)1-5(17)2-8(12)16/h1-4H,(H2,19,20). The molecule has 3 rings (SSSR count). The molecule has 0 atom stereocenters. The lowest BCUT2D eigenvalue weighted by Crippen LogP contribution is -2.03. The number of nitrogens with zero attached hydrogens (tertiary/aromatic N) is 2. The van der Waals surface area contributed by atoms with Crippen LogP contribution in [0.15, 0.2) is 33.2 Å². The van der Waals surface area contributed by atoms with Gasteiger partial charge in [0.25, 0.3) is 0 Å². The van der Waals surface area contributed by atoms with Crippen LogP contribution in [0.2, 0.25) is 5.02 Å². The van der Waals surface area contributed by atoms with Gasteiger partial charge in [-0.3, -0.25) is 4.57 Å². The van der Waals surface area contributed by atoms with E-state index in [1.165, 1.54) is 22.8 Å². The average Bonchev–Trinajstić information content (AvgIpc) is 2.66. The highest BCUT2D eigenvalue weighted by Gasteiger charge is 2.18. The minimum absolute atomic E-state index is 0.122. The van der Waals surface area contributed by atoms with Gasteiger partial charge in [-0.25, -0.2) is 13.8 Å². The van der Waals surface area contributed by atoms with Crippen LogP contribution in [0.4, 0.5) is 14.7 Å². The first kappa shape index (κ1) is 14.7. The molecule has 8 heteroatoms. The number of hydrogen-bond acceptors (Lipinski definition) is 2. The zero-order chi connectivity index (χ0) is 15.3. The molecule has 0 unspecified atom stereocenters. The van der Waals surface area contributed by atoms with Gasteiger partial charge in [0.05, 0.1) is 26.2 Å². The van der Waals surface area contributed by atoms with Gasteiger partial charge in [0.15, 0.2) is 0 Å². The molecule has 0 aliphatic carbocycles. The van der Waals surface area contributed by atoms with Gasteiger partial charge in [-0.2, -0.15) is 0 Å². The Morgan fingerprint density at radius 1 is 1.10 bits per heavy atom. The number of anilines is 1. The molecule has 0 spiro atoms. The van der Waals surface area contributed by atoms with E-state index < -0.39 is 11.6 Å². The Kier molecular flexibility index (Phi) is 3.67. The molecule has 3 nitrogen and oxygen atoms in total. The van der Waals surface area contributed by atoms with Crippen LogP contribution in [-0.2, 0) is 0 Å². The monoisotopic (exact) mass is 435 g/mol. The number of nitrogens with two attached hydrogens (primary N) is 1. The van der Waals surface area contributed by atoms with Gasteiger partial charge in [0, 0.05) is 10.5 Å². The van der Waals surface area contributed by atoms with Crippen molar-refractivity contribution in [2.24, 2.45) is 0 Å². The molecule has 0 saturated heterocycles. The van der Waals surface area contributed by atoms with Crippen LogP contribution in [0.25, 0.3) is 16.7 Å². The SMILES string of the molecule is Nc1nc2cc(Br)c(F)cc2n1-c1c(Cl)cc(F)cc1Br. The Morgan fingerprint density at radius 2 is 1.81 bits per heavy atom. The van der Waals surface area contributed by atoms with Crippen LogP contribution in [0, 0.1) is 11.6 Å². The van der Waals surface area contributed by atoms with Crippen molar-refractivity contribution in [1.82, 2.24) is 9.55 Å². The third-order valence-electron chi connectivity index (χ3n) is 2.93.